The molecule has 4 nitrogen and oxygen atoms in total. The normalized spacial score (nSPS) is 26.3. The van der Waals surface area contributed by atoms with Crippen LogP contribution in [0.1, 0.15) is 52.9 Å². The van der Waals surface area contributed by atoms with Crippen LogP contribution in [0, 0.1) is 11.8 Å². The zero-order chi connectivity index (χ0) is 14.0. The first-order chi connectivity index (χ1) is 8.91. The molecule has 1 saturated carbocycles. The molecule has 1 saturated heterocycles. The Balaban J connectivity index is 2.05. The van der Waals surface area contributed by atoms with Gasteiger partial charge in [0.2, 0.25) is 0 Å². The second-order valence-electron chi connectivity index (χ2n) is 6.64. The fraction of sp³-hybridized carbons (Fsp3) is 1.00. The van der Waals surface area contributed by atoms with E-state index < -0.39 is 10.2 Å². The highest BCUT2D eigenvalue weighted by molar-refractivity contribution is 7.86. The van der Waals surface area contributed by atoms with Crippen LogP contribution in [0.2, 0.25) is 0 Å². The molecule has 0 spiro atoms. The van der Waals surface area contributed by atoms with E-state index in [4.69, 9.17) is 0 Å². The summed E-state index contributed by atoms with van der Waals surface area (Å²) in [7, 11) is -3.22. The zero-order valence-electron chi connectivity index (χ0n) is 12.5. The first-order valence-electron chi connectivity index (χ1n) is 7.68. The van der Waals surface area contributed by atoms with Crippen LogP contribution < -0.4 is 0 Å². The van der Waals surface area contributed by atoms with Crippen molar-refractivity contribution in [3.8, 4) is 0 Å². The summed E-state index contributed by atoms with van der Waals surface area (Å²) in [5, 5.41) is 0. The van der Waals surface area contributed by atoms with Crippen LogP contribution in [0.25, 0.3) is 0 Å². The third kappa shape index (κ3) is 3.92. The lowest BCUT2D eigenvalue weighted by Gasteiger charge is -2.34. The highest BCUT2D eigenvalue weighted by Gasteiger charge is 2.40. The fourth-order valence-corrected chi connectivity index (χ4v) is 4.76. The van der Waals surface area contributed by atoms with Crippen molar-refractivity contribution in [2.24, 2.45) is 11.8 Å². The minimum atomic E-state index is -3.22. The Morgan fingerprint density at radius 2 is 1.95 bits per heavy atom. The molecule has 1 atom stereocenters. The van der Waals surface area contributed by atoms with Crippen LogP contribution in [0.5, 0.6) is 0 Å². The largest absolute Gasteiger partial charge is 0.282 e. The van der Waals surface area contributed by atoms with Gasteiger partial charge in [-0.15, -0.1) is 0 Å². The summed E-state index contributed by atoms with van der Waals surface area (Å²) in [6.45, 7) is 8.55. The maximum atomic E-state index is 12.8. The van der Waals surface area contributed by atoms with Gasteiger partial charge in [0, 0.05) is 25.7 Å². The van der Waals surface area contributed by atoms with Crippen molar-refractivity contribution in [3.63, 3.8) is 0 Å². The van der Waals surface area contributed by atoms with Crippen molar-refractivity contribution in [2.75, 3.05) is 19.6 Å². The van der Waals surface area contributed by atoms with Gasteiger partial charge in [-0.2, -0.15) is 17.0 Å². The molecule has 0 N–H and O–H groups in total. The molecule has 5 heteroatoms. The van der Waals surface area contributed by atoms with Gasteiger partial charge in [-0.3, -0.25) is 0 Å². The van der Waals surface area contributed by atoms with Gasteiger partial charge in [-0.25, -0.2) is 0 Å². The maximum absolute atomic E-state index is 12.8. The molecule has 112 valence electrons. The summed E-state index contributed by atoms with van der Waals surface area (Å²) < 4.78 is 29.1. The molecule has 1 unspecified atom stereocenters. The van der Waals surface area contributed by atoms with Gasteiger partial charge in [-0.05, 0) is 43.9 Å². The average Bonchev–Trinajstić information content (AvgIpc) is 3.13. The van der Waals surface area contributed by atoms with Gasteiger partial charge >= 0.3 is 0 Å². The molecule has 0 amide bonds. The predicted octanol–water partition coefficient (Wildman–Crippen LogP) is 2.47. The van der Waals surface area contributed by atoms with Crippen molar-refractivity contribution in [3.05, 3.63) is 0 Å². The highest BCUT2D eigenvalue weighted by atomic mass is 32.2. The maximum Gasteiger partial charge on any atom is 0.282 e. The molecule has 2 aliphatic rings. The second kappa shape index (κ2) is 6.10. The molecule has 0 radical (unpaired) electrons. The van der Waals surface area contributed by atoms with E-state index in [1.54, 1.807) is 8.61 Å². The predicted molar refractivity (Wildman–Crippen MR) is 78.1 cm³/mol. The highest BCUT2D eigenvalue weighted by Crippen LogP contribution is 2.32. The lowest BCUT2D eigenvalue weighted by Crippen LogP contribution is -2.48. The number of piperidine rings is 1. The van der Waals surface area contributed by atoms with E-state index in [1.807, 2.05) is 0 Å². The second-order valence-corrected chi connectivity index (χ2v) is 8.52. The monoisotopic (exact) mass is 288 g/mol. The van der Waals surface area contributed by atoms with Gasteiger partial charge in [0.25, 0.3) is 10.2 Å². The van der Waals surface area contributed by atoms with Gasteiger partial charge < -0.3 is 0 Å². The summed E-state index contributed by atoms with van der Waals surface area (Å²) in [4.78, 5) is 0. The quantitative estimate of drug-likeness (QED) is 0.753. The first-order valence-corrected chi connectivity index (χ1v) is 9.08. The van der Waals surface area contributed by atoms with Crippen LogP contribution in [0.4, 0.5) is 0 Å². The molecule has 2 rings (SSSR count). The van der Waals surface area contributed by atoms with Crippen molar-refractivity contribution in [1.82, 2.24) is 8.61 Å². The molecule has 0 aromatic carbocycles. The minimum Gasteiger partial charge on any atom is -0.195 e. The Morgan fingerprint density at radius 3 is 2.47 bits per heavy atom. The Bertz CT molecular complexity index is 390. The molecule has 19 heavy (non-hydrogen) atoms. The molecule has 1 heterocycles. The summed E-state index contributed by atoms with van der Waals surface area (Å²) in [6, 6.07) is 0.279. The molecule has 0 bridgehead atoms. The lowest BCUT2D eigenvalue weighted by atomic mass is 10.0. The van der Waals surface area contributed by atoms with Crippen LogP contribution in [0.3, 0.4) is 0 Å². The third-order valence-corrected chi connectivity index (χ3v) is 6.18. The number of hydrogen-bond acceptors (Lipinski definition) is 2. The molecular formula is C14H28N2O2S. The van der Waals surface area contributed by atoms with Crippen molar-refractivity contribution in [2.45, 2.75) is 58.9 Å². The van der Waals surface area contributed by atoms with Gasteiger partial charge in [0.15, 0.2) is 0 Å². The minimum absolute atomic E-state index is 0.279. The van der Waals surface area contributed by atoms with E-state index >= 15 is 0 Å². The smallest absolute Gasteiger partial charge is 0.195 e. The van der Waals surface area contributed by atoms with Crippen molar-refractivity contribution < 1.29 is 8.42 Å². The van der Waals surface area contributed by atoms with Gasteiger partial charge in [-0.1, -0.05) is 20.8 Å². The number of rotatable bonds is 6. The van der Waals surface area contributed by atoms with Crippen LogP contribution in [-0.4, -0.2) is 42.7 Å². The average molecular weight is 288 g/mol. The fourth-order valence-electron chi connectivity index (χ4n) is 2.74. The van der Waals surface area contributed by atoms with Gasteiger partial charge in [0.05, 0.1) is 0 Å². The van der Waals surface area contributed by atoms with Crippen LogP contribution in [-0.2, 0) is 10.2 Å². The molecule has 0 aromatic rings. The Kier molecular flexibility index (Phi) is 4.90. The number of hydrogen-bond donors (Lipinski definition) is 0. The molecular weight excluding hydrogens is 260 g/mol. The summed E-state index contributed by atoms with van der Waals surface area (Å²) >= 11 is 0. The SMILES string of the molecule is CC(C)CCN(C1CC1)S(=O)(=O)N1CCCC(C)C1. The van der Waals surface area contributed by atoms with E-state index in [0.717, 1.165) is 32.1 Å². The van der Waals surface area contributed by atoms with E-state index in [2.05, 4.69) is 20.8 Å². The van der Waals surface area contributed by atoms with E-state index in [9.17, 15) is 8.42 Å². The third-order valence-electron chi connectivity index (χ3n) is 4.12. The van der Waals surface area contributed by atoms with Crippen molar-refractivity contribution in [1.29, 1.82) is 0 Å². The summed E-state index contributed by atoms with van der Waals surface area (Å²) in [6.07, 6.45) is 5.20. The molecule has 2 fully saturated rings. The molecule has 1 aliphatic carbocycles. The Labute approximate surface area is 118 Å². The van der Waals surface area contributed by atoms with Crippen LogP contribution >= 0.6 is 0 Å². The lowest BCUT2D eigenvalue weighted by molar-refractivity contribution is 0.252. The molecule has 1 aliphatic heterocycles. The summed E-state index contributed by atoms with van der Waals surface area (Å²) in [5.41, 5.74) is 0. The zero-order valence-corrected chi connectivity index (χ0v) is 13.3. The molecule has 0 aromatic heterocycles. The Hall–Kier alpha value is -0.130. The summed E-state index contributed by atoms with van der Waals surface area (Å²) in [5.74, 6) is 1.05. The Morgan fingerprint density at radius 1 is 1.26 bits per heavy atom. The standard InChI is InChI=1S/C14H28N2O2S/c1-12(2)8-10-16(14-6-7-14)19(17,18)15-9-4-5-13(3)11-15/h12-14H,4-11H2,1-3H3. The number of nitrogens with zero attached hydrogens (tertiary/aromatic N) is 2. The van der Waals surface area contributed by atoms with Gasteiger partial charge in [0.1, 0.15) is 0 Å². The van der Waals surface area contributed by atoms with Crippen molar-refractivity contribution >= 4 is 10.2 Å². The van der Waals surface area contributed by atoms with E-state index in [-0.39, 0.29) is 6.04 Å². The first kappa shape index (κ1) is 15.3. The topological polar surface area (TPSA) is 40.6 Å². The van der Waals surface area contributed by atoms with Crippen LogP contribution in [0.15, 0.2) is 0 Å². The van der Waals surface area contributed by atoms with E-state index in [1.165, 1.54) is 0 Å². The van der Waals surface area contributed by atoms with E-state index in [0.29, 0.717) is 31.5 Å².